The van der Waals surface area contributed by atoms with Crippen LogP contribution in [0, 0.1) is 22.6 Å². The Labute approximate surface area is 196 Å². The van der Waals surface area contributed by atoms with Gasteiger partial charge in [-0.25, -0.2) is 4.39 Å². The van der Waals surface area contributed by atoms with Crippen molar-refractivity contribution in [2.24, 2.45) is 0 Å². The van der Waals surface area contributed by atoms with Gasteiger partial charge in [0.15, 0.2) is 5.96 Å². The quantitative estimate of drug-likeness (QED) is 0.587. The van der Waals surface area contributed by atoms with Crippen molar-refractivity contribution in [2.45, 2.75) is 37.6 Å². The highest BCUT2D eigenvalue weighted by Crippen LogP contribution is 2.44. The molecule has 1 saturated heterocycles. The molecule has 1 aromatic carbocycles. The minimum atomic E-state index is -0.879. The smallest absolute Gasteiger partial charge is 0.239 e. The van der Waals surface area contributed by atoms with Crippen LogP contribution in [0.4, 0.5) is 4.39 Å². The highest BCUT2D eigenvalue weighted by Gasteiger charge is 2.49. The molecule has 2 aromatic heterocycles. The molecular formula is C25H24FN5OS. The summed E-state index contributed by atoms with van der Waals surface area (Å²) in [4.78, 5) is 19.8. The molecule has 0 aliphatic carbocycles. The van der Waals surface area contributed by atoms with Crippen LogP contribution >= 0.6 is 11.3 Å². The number of carbonyl (C=O) groups excluding carboxylic acids is 1. The molecule has 6 nitrogen and oxygen atoms in total. The summed E-state index contributed by atoms with van der Waals surface area (Å²) in [5.41, 5.74) is 1.60. The lowest BCUT2D eigenvalue weighted by atomic mass is 9.76. The molecule has 3 heterocycles. The first-order valence-electron chi connectivity index (χ1n) is 10.4. The molecule has 0 spiro atoms. The van der Waals surface area contributed by atoms with Gasteiger partial charge in [-0.2, -0.15) is 5.26 Å². The van der Waals surface area contributed by atoms with E-state index in [0.29, 0.717) is 5.69 Å². The Kier molecular flexibility index (Phi) is 5.54. The van der Waals surface area contributed by atoms with Crippen molar-refractivity contribution in [2.75, 3.05) is 7.05 Å². The zero-order valence-electron chi connectivity index (χ0n) is 18.8. The van der Waals surface area contributed by atoms with Crippen LogP contribution in [-0.2, 0) is 15.7 Å². The molecular weight excluding hydrogens is 437 g/mol. The number of rotatable bonds is 4. The highest BCUT2D eigenvalue weighted by atomic mass is 32.1. The van der Waals surface area contributed by atoms with Crippen molar-refractivity contribution in [3.63, 3.8) is 0 Å². The first-order chi connectivity index (χ1) is 15.6. The van der Waals surface area contributed by atoms with Gasteiger partial charge in [0.25, 0.3) is 0 Å². The molecule has 2 atom stereocenters. The SMILES string of the molecule is CN1C(=N)N[C@](C)(c2cc(-c3ccc(F)cn3)cs2)[C@H](c2ccc(C(C)(C)C#N)cc2)C1=O. The zero-order valence-corrected chi connectivity index (χ0v) is 19.6. The van der Waals surface area contributed by atoms with Gasteiger partial charge in [0.05, 0.1) is 34.8 Å². The fraction of sp³-hybridized carbons (Fsp3) is 0.280. The molecule has 0 radical (unpaired) electrons. The number of carbonyl (C=O) groups is 1. The summed E-state index contributed by atoms with van der Waals surface area (Å²) < 4.78 is 13.3. The third kappa shape index (κ3) is 3.89. The zero-order chi connectivity index (χ0) is 24.0. The normalized spacial score (nSPS) is 21.0. The predicted octanol–water partition coefficient (Wildman–Crippen LogP) is 4.75. The van der Waals surface area contributed by atoms with Crippen LogP contribution in [0.1, 0.15) is 42.7 Å². The summed E-state index contributed by atoms with van der Waals surface area (Å²) in [5, 5.41) is 22.9. The van der Waals surface area contributed by atoms with Crippen molar-refractivity contribution in [3.8, 4) is 17.3 Å². The molecule has 0 bridgehead atoms. The topological polar surface area (TPSA) is 92.9 Å². The van der Waals surface area contributed by atoms with E-state index in [9.17, 15) is 14.4 Å². The predicted molar refractivity (Wildman–Crippen MR) is 126 cm³/mol. The van der Waals surface area contributed by atoms with Crippen LogP contribution < -0.4 is 5.32 Å². The van der Waals surface area contributed by atoms with Crippen LogP contribution in [0.2, 0.25) is 0 Å². The maximum Gasteiger partial charge on any atom is 0.239 e. The number of nitrogens with zero attached hydrogens (tertiary/aromatic N) is 3. The van der Waals surface area contributed by atoms with Crippen molar-refractivity contribution in [1.29, 1.82) is 10.7 Å². The maximum absolute atomic E-state index is 13.4. The Balaban J connectivity index is 1.78. The summed E-state index contributed by atoms with van der Waals surface area (Å²) in [5.74, 6) is -1.16. The number of hydrogen-bond donors (Lipinski definition) is 2. The lowest BCUT2D eigenvalue weighted by Gasteiger charge is -2.45. The highest BCUT2D eigenvalue weighted by molar-refractivity contribution is 7.10. The van der Waals surface area contributed by atoms with E-state index in [4.69, 9.17) is 5.41 Å². The van der Waals surface area contributed by atoms with Crippen LogP contribution in [0.15, 0.2) is 54.0 Å². The summed E-state index contributed by atoms with van der Waals surface area (Å²) in [7, 11) is 1.58. The van der Waals surface area contributed by atoms with E-state index in [1.807, 2.05) is 56.5 Å². The average Bonchev–Trinajstić information content (AvgIpc) is 3.30. The van der Waals surface area contributed by atoms with E-state index < -0.39 is 22.7 Å². The number of halogens is 1. The third-order valence-corrected chi connectivity index (χ3v) is 7.42. The minimum absolute atomic E-state index is 0.0239. The Morgan fingerprint density at radius 2 is 1.97 bits per heavy atom. The second-order valence-corrected chi connectivity index (χ2v) is 9.84. The van der Waals surface area contributed by atoms with E-state index >= 15 is 0 Å². The van der Waals surface area contributed by atoms with Gasteiger partial charge >= 0.3 is 0 Å². The second-order valence-electron chi connectivity index (χ2n) is 8.93. The number of amides is 1. The number of likely N-dealkylation sites (N-methyl/N-ethyl adjacent to an activating group) is 1. The third-order valence-electron chi connectivity index (χ3n) is 6.25. The van der Waals surface area contributed by atoms with Gasteiger partial charge in [-0.05, 0) is 50.1 Å². The maximum atomic E-state index is 13.4. The average molecular weight is 462 g/mol. The summed E-state index contributed by atoms with van der Waals surface area (Å²) in [6.07, 6.45) is 1.18. The number of benzene rings is 1. The van der Waals surface area contributed by atoms with Gasteiger partial charge in [0, 0.05) is 22.9 Å². The Morgan fingerprint density at radius 3 is 2.58 bits per heavy atom. The summed E-state index contributed by atoms with van der Waals surface area (Å²) >= 11 is 1.46. The molecule has 3 aromatic rings. The first-order valence-corrected chi connectivity index (χ1v) is 11.3. The van der Waals surface area contributed by atoms with E-state index in [-0.39, 0.29) is 11.9 Å². The first kappa shape index (κ1) is 22.6. The molecule has 0 saturated carbocycles. The van der Waals surface area contributed by atoms with Gasteiger partial charge in [0.2, 0.25) is 5.91 Å². The summed E-state index contributed by atoms with van der Waals surface area (Å²) in [6, 6.07) is 14.7. The molecule has 1 aliphatic heterocycles. The van der Waals surface area contributed by atoms with E-state index in [1.54, 1.807) is 13.1 Å². The van der Waals surface area contributed by atoms with Crippen molar-refractivity contribution in [3.05, 3.63) is 75.9 Å². The minimum Gasteiger partial charge on any atom is -0.345 e. The number of guanidine groups is 1. The summed E-state index contributed by atoms with van der Waals surface area (Å²) in [6.45, 7) is 5.62. The van der Waals surface area contributed by atoms with Crippen LogP contribution in [0.3, 0.4) is 0 Å². The molecule has 8 heteroatoms. The molecule has 1 fully saturated rings. The van der Waals surface area contributed by atoms with Gasteiger partial charge in [-0.3, -0.25) is 20.1 Å². The number of nitriles is 1. The number of thiophene rings is 1. The molecule has 0 unspecified atom stereocenters. The lowest BCUT2D eigenvalue weighted by molar-refractivity contribution is -0.131. The van der Waals surface area contributed by atoms with E-state index in [2.05, 4.69) is 16.4 Å². The largest absolute Gasteiger partial charge is 0.345 e. The molecule has 168 valence electrons. The molecule has 33 heavy (non-hydrogen) atoms. The molecule has 1 aliphatic rings. The van der Waals surface area contributed by atoms with E-state index in [1.165, 1.54) is 28.5 Å². The monoisotopic (exact) mass is 461 g/mol. The van der Waals surface area contributed by atoms with Gasteiger partial charge in [-0.1, -0.05) is 24.3 Å². The molecule has 2 N–H and O–H groups in total. The van der Waals surface area contributed by atoms with Crippen LogP contribution in [0.25, 0.3) is 11.3 Å². The van der Waals surface area contributed by atoms with Crippen molar-refractivity contribution in [1.82, 2.24) is 15.2 Å². The fourth-order valence-corrected chi connectivity index (χ4v) is 5.13. The number of pyridine rings is 1. The Hall–Kier alpha value is -3.57. The van der Waals surface area contributed by atoms with Crippen LogP contribution in [-0.4, -0.2) is 28.8 Å². The van der Waals surface area contributed by atoms with Gasteiger partial charge in [0.1, 0.15) is 5.82 Å². The number of aromatic nitrogens is 1. The van der Waals surface area contributed by atoms with Gasteiger partial charge < -0.3 is 5.32 Å². The molecule has 1 amide bonds. The Bertz CT molecular complexity index is 1260. The molecule has 4 rings (SSSR count). The van der Waals surface area contributed by atoms with Crippen LogP contribution in [0.5, 0.6) is 0 Å². The number of hydrogen-bond acceptors (Lipinski definition) is 5. The second kappa shape index (κ2) is 8.09. The number of nitrogens with one attached hydrogen (secondary N) is 2. The van der Waals surface area contributed by atoms with E-state index in [0.717, 1.165) is 21.6 Å². The standard InChI is InChI=1S/C25H24FN5OS/c1-24(2,14-27)17-7-5-15(6-8-17)21-22(32)31(4)23(28)30-25(21,3)20-11-16(13-33-20)19-10-9-18(26)12-29-19/h5-13,21H,1-4H3,(H2,28,30)/t21-,25-/m1/s1. The Morgan fingerprint density at radius 1 is 1.27 bits per heavy atom. The van der Waals surface area contributed by atoms with Gasteiger partial charge in [-0.15, -0.1) is 11.3 Å². The lowest BCUT2D eigenvalue weighted by Crippen LogP contribution is -2.62. The van der Waals surface area contributed by atoms with Crippen molar-refractivity contribution >= 4 is 23.2 Å². The van der Waals surface area contributed by atoms with Crippen molar-refractivity contribution < 1.29 is 9.18 Å². The fourth-order valence-electron chi connectivity index (χ4n) is 4.08.